The van der Waals surface area contributed by atoms with Crippen molar-refractivity contribution in [2.75, 3.05) is 14.2 Å². The number of methoxy groups -OCH3 is 2. The van der Waals surface area contributed by atoms with Gasteiger partial charge in [0.2, 0.25) is 0 Å². The predicted molar refractivity (Wildman–Crippen MR) is 61.0 cm³/mol. The summed E-state index contributed by atoms with van der Waals surface area (Å²) in [7, 11) is 2.89. The van der Waals surface area contributed by atoms with Gasteiger partial charge in [0.05, 0.1) is 19.8 Å². The standard InChI is InChI=1S/C12H14O5/c1-6-5-8(16-3)7(2)11(17-4)9(6)10(13)12(14)15/h5H,1-4H3,(H,14,15). The maximum atomic E-state index is 11.6. The highest BCUT2D eigenvalue weighted by Gasteiger charge is 2.25. The minimum absolute atomic E-state index is 0.0679. The van der Waals surface area contributed by atoms with E-state index in [1.54, 1.807) is 19.9 Å². The number of aryl methyl sites for hydroxylation is 1. The quantitative estimate of drug-likeness (QED) is 0.637. The molecule has 0 fully saturated rings. The van der Waals surface area contributed by atoms with Crippen molar-refractivity contribution in [1.82, 2.24) is 0 Å². The van der Waals surface area contributed by atoms with Crippen LogP contribution in [0.1, 0.15) is 21.5 Å². The first-order valence-electron chi connectivity index (χ1n) is 4.93. The summed E-state index contributed by atoms with van der Waals surface area (Å²) in [5.74, 6) is -1.68. The van der Waals surface area contributed by atoms with E-state index >= 15 is 0 Å². The Morgan fingerprint density at radius 1 is 1.18 bits per heavy atom. The molecule has 0 bridgehead atoms. The lowest BCUT2D eigenvalue weighted by Crippen LogP contribution is -2.16. The van der Waals surface area contributed by atoms with Gasteiger partial charge in [-0.25, -0.2) is 4.79 Å². The van der Waals surface area contributed by atoms with Crippen molar-refractivity contribution in [2.24, 2.45) is 0 Å². The second kappa shape index (κ2) is 4.86. The number of ether oxygens (including phenoxy) is 2. The highest BCUT2D eigenvalue weighted by molar-refractivity contribution is 6.41. The van der Waals surface area contributed by atoms with Gasteiger partial charge >= 0.3 is 5.97 Å². The van der Waals surface area contributed by atoms with Crippen LogP contribution in [0.5, 0.6) is 11.5 Å². The van der Waals surface area contributed by atoms with E-state index in [9.17, 15) is 9.59 Å². The molecule has 0 spiro atoms. The Kier molecular flexibility index (Phi) is 3.73. The summed E-state index contributed by atoms with van der Waals surface area (Å²) < 4.78 is 10.2. The topological polar surface area (TPSA) is 72.8 Å². The zero-order valence-electron chi connectivity index (χ0n) is 10.2. The molecule has 0 saturated heterocycles. The lowest BCUT2D eigenvalue weighted by atomic mass is 9.99. The SMILES string of the molecule is COc1cc(C)c(C(=O)C(=O)O)c(OC)c1C. The largest absolute Gasteiger partial charge is 0.496 e. The van der Waals surface area contributed by atoms with Crippen LogP contribution >= 0.6 is 0 Å². The molecule has 0 aromatic heterocycles. The molecule has 0 unspecified atom stereocenters. The van der Waals surface area contributed by atoms with Crippen molar-refractivity contribution < 1.29 is 24.2 Å². The van der Waals surface area contributed by atoms with Gasteiger partial charge in [-0.1, -0.05) is 0 Å². The van der Waals surface area contributed by atoms with Crippen molar-refractivity contribution in [1.29, 1.82) is 0 Å². The summed E-state index contributed by atoms with van der Waals surface area (Å²) >= 11 is 0. The Morgan fingerprint density at radius 3 is 2.18 bits per heavy atom. The monoisotopic (exact) mass is 238 g/mol. The number of aliphatic carboxylic acids is 1. The van der Waals surface area contributed by atoms with Gasteiger partial charge in [0, 0.05) is 5.56 Å². The number of carboxylic acid groups (broad SMARTS) is 1. The summed E-state index contributed by atoms with van der Waals surface area (Å²) in [6, 6.07) is 1.62. The molecular formula is C12H14O5. The number of carbonyl (C=O) groups excluding carboxylic acids is 1. The Balaban J connectivity index is 3.55. The fraction of sp³-hybridized carbons (Fsp3) is 0.333. The second-order valence-corrected chi connectivity index (χ2v) is 3.56. The van der Waals surface area contributed by atoms with Gasteiger partial charge < -0.3 is 14.6 Å². The first-order chi connectivity index (χ1) is 7.93. The minimum Gasteiger partial charge on any atom is -0.496 e. The summed E-state index contributed by atoms with van der Waals surface area (Å²) in [6.07, 6.45) is 0. The van der Waals surface area contributed by atoms with Crippen LogP contribution in [-0.4, -0.2) is 31.1 Å². The molecule has 0 aliphatic heterocycles. The summed E-state index contributed by atoms with van der Waals surface area (Å²) in [5.41, 5.74) is 1.18. The molecule has 0 saturated carbocycles. The van der Waals surface area contributed by atoms with Crippen LogP contribution in [0.2, 0.25) is 0 Å². The minimum atomic E-state index is -1.50. The third kappa shape index (κ3) is 2.22. The fourth-order valence-corrected chi connectivity index (χ4v) is 1.71. The molecule has 0 aliphatic carbocycles. The van der Waals surface area contributed by atoms with E-state index in [1.807, 2.05) is 0 Å². The van der Waals surface area contributed by atoms with Gasteiger partial charge in [0.15, 0.2) is 0 Å². The second-order valence-electron chi connectivity index (χ2n) is 3.56. The van der Waals surface area contributed by atoms with Gasteiger partial charge in [-0.3, -0.25) is 4.79 Å². The smallest absolute Gasteiger partial charge is 0.377 e. The first kappa shape index (κ1) is 13.0. The van der Waals surface area contributed by atoms with Crippen molar-refractivity contribution in [3.63, 3.8) is 0 Å². The Labute approximate surface area is 99.0 Å². The average molecular weight is 238 g/mol. The number of rotatable bonds is 4. The molecule has 92 valence electrons. The van der Waals surface area contributed by atoms with Crippen LogP contribution in [0.3, 0.4) is 0 Å². The van der Waals surface area contributed by atoms with Crippen LogP contribution < -0.4 is 9.47 Å². The van der Waals surface area contributed by atoms with E-state index in [0.29, 0.717) is 16.9 Å². The number of Topliss-reactive ketones (excluding diaryl/α,β-unsaturated/α-hetero) is 1. The summed E-state index contributed by atoms with van der Waals surface area (Å²) in [6.45, 7) is 3.34. The van der Waals surface area contributed by atoms with E-state index in [1.165, 1.54) is 14.2 Å². The number of carboxylic acids is 1. The van der Waals surface area contributed by atoms with Crippen LogP contribution in [-0.2, 0) is 4.79 Å². The average Bonchev–Trinajstić information content (AvgIpc) is 2.29. The Bertz CT molecular complexity index is 476. The molecule has 1 rings (SSSR count). The highest BCUT2D eigenvalue weighted by Crippen LogP contribution is 2.34. The molecule has 1 aromatic carbocycles. The molecule has 0 amide bonds. The summed E-state index contributed by atoms with van der Waals surface area (Å²) in [5, 5.41) is 8.76. The normalized spacial score (nSPS) is 9.88. The van der Waals surface area contributed by atoms with Gasteiger partial charge in [0.25, 0.3) is 5.78 Å². The van der Waals surface area contributed by atoms with Gasteiger partial charge in [-0.15, -0.1) is 0 Å². The van der Waals surface area contributed by atoms with Crippen molar-refractivity contribution in [3.8, 4) is 11.5 Å². The fourth-order valence-electron chi connectivity index (χ4n) is 1.71. The van der Waals surface area contributed by atoms with Gasteiger partial charge in [0.1, 0.15) is 11.5 Å². The maximum absolute atomic E-state index is 11.6. The molecule has 0 atom stereocenters. The predicted octanol–water partition coefficient (Wildman–Crippen LogP) is 1.59. The number of hydrogen-bond donors (Lipinski definition) is 1. The van der Waals surface area contributed by atoms with Crippen LogP contribution in [0.15, 0.2) is 6.07 Å². The molecule has 5 heteroatoms. The number of benzene rings is 1. The maximum Gasteiger partial charge on any atom is 0.377 e. The molecule has 17 heavy (non-hydrogen) atoms. The van der Waals surface area contributed by atoms with Crippen LogP contribution in [0.4, 0.5) is 0 Å². The molecule has 0 radical (unpaired) electrons. The van der Waals surface area contributed by atoms with Crippen LogP contribution in [0, 0.1) is 13.8 Å². The summed E-state index contributed by atoms with van der Waals surface area (Å²) in [4.78, 5) is 22.3. The van der Waals surface area contributed by atoms with E-state index in [-0.39, 0.29) is 11.3 Å². The Hall–Kier alpha value is -2.04. The van der Waals surface area contributed by atoms with Crippen molar-refractivity contribution >= 4 is 11.8 Å². The first-order valence-corrected chi connectivity index (χ1v) is 4.93. The number of carbonyl (C=O) groups is 2. The zero-order chi connectivity index (χ0) is 13.2. The number of hydrogen-bond acceptors (Lipinski definition) is 4. The van der Waals surface area contributed by atoms with Gasteiger partial charge in [-0.2, -0.15) is 0 Å². The molecule has 1 aromatic rings. The van der Waals surface area contributed by atoms with Crippen LogP contribution in [0.25, 0.3) is 0 Å². The third-order valence-electron chi connectivity index (χ3n) is 2.52. The van der Waals surface area contributed by atoms with Gasteiger partial charge in [-0.05, 0) is 25.5 Å². The molecule has 0 heterocycles. The Morgan fingerprint density at radius 2 is 1.76 bits per heavy atom. The van der Waals surface area contributed by atoms with E-state index in [4.69, 9.17) is 14.6 Å². The molecular weight excluding hydrogens is 224 g/mol. The van der Waals surface area contributed by atoms with Crippen molar-refractivity contribution in [3.05, 3.63) is 22.8 Å². The highest BCUT2D eigenvalue weighted by atomic mass is 16.5. The molecule has 0 aliphatic rings. The van der Waals surface area contributed by atoms with E-state index in [2.05, 4.69) is 0 Å². The lowest BCUT2D eigenvalue weighted by molar-refractivity contribution is -0.131. The third-order valence-corrected chi connectivity index (χ3v) is 2.52. The zero-order valence-corrected chi connectivity index (χ0v) is 10.2. The van der Waals surface area contributed by atoms with E-state index in [0.717, 1.165) is 0 Å². The lowest BCUT2D eigenvalue weighted by Gasteiger charge is -2.15. The number of ketones is 1. The van der Waals surface area contributed by atoms with Crippen molar-refractivity contribution in [2.45, 2.75) is 13.8 Å². The molecule has 5 nitrogen and oxygen atoms in total. The molecule has 1 N–H and O–H groups in total. The van der Waals surface area contributed by atoms with E-state index < -0.39 is 11.8 Å².